The number of nitrogens with zero attached hydrogens (tertiary/aromatic N) is 1. The molecule has 0 aliphatic heterocycles. The van der Waals surface area contributed by atoms with Crippen LogP contribution in [0.2, 0.25) is 0 Å². The van der Waals surface area contributed by atoms with Gasteiger partial charge in [0.1, 0.15) is 23.4 Å². The van der Waals surface area contributed by atoms with Crippen LogP contribution in [0.3, 0.4) is 0 Å². The fourth-order valence-corrected chi connectivity index (χ4v) is 4.94. The van der Waals surface area contributed by atoms with Crippen LogP contribution in [0.4, 0.5) is 4.79 Å². The lowest BCUT2D eigenvalue weighted by Gasteiger charge is -2.43. The van der Waals surface area contributed by atoms with Crippen molar-refractivity contribution in [3.05, 3.63) is 64.7 Å². The molecule has 0 aliphatic rings. The molecule has 0 fully saturated rings. The van der Waals surface area contributed by atoms with Gasteiger partial charge in [0.2, 0.25) is 11.8 Å². The Morgan fingerprint density at radius 3 is 1.98 bits per heavy atom. The largest absolute Gasteiger partial charge is 0.508 e. The van der Waals surface area contributed by atoms with E-state index in [1.54, 1.807) is 37.8 Å². The molecule has 0 aromatic heterocycles. The molecule has 0 bridgehead atoms. The molecule has 3 unspecified atom stereocenters. The summed E-state index contributed by atoms with van der Waals surface area (Å²) in [4.78, 5) is 43.1. The third-order valence-electron chi connectivity index (χ3n) is 6.50. The number of carbonyl (C=O) groups excluding carboxylic acids is 3. The quantitative estimate of drug-likeness (QED) is 0.321. The number of nitrogens with one attached hydrogen (secondary N) is 2. The molecule has 0 spiro atoms. The number of aromatic hydroxyl groups is 1. The number of alkyl carbamates (subject to hydrolysis) is 1. The number of hydrogen-bond acceptors (Lipinski definition) is 5. The minimum Gasteiger partial charge on any atom is -0.508 e. The van der Waals surface area contributed by atoms with Crippen molar-refractivity contribution in [2.45, 2.75) is 118 Å². The molecule has 0 saturated carbocycles. The zero-order valence-electron chi connectivity index (χ0n) is 26.4. The number of aryl methyl sites for hydroxylation is 2. The number of phenolic OH excluding ortho intramolecular Hbond substituents is 1. The van der Waals surface area contributed by atoms with Gasteiger partial charge in [-0.2, -0.15) is 0 Å². The van der Waals surface area contributed by atoms with Crippen LogP contribution >= 0.6 is 0 Å². The van der Waals surface area contributed by atoms with Crippen LogP contribution in [0, 0.1) is 13.8 Å². The van der Waals surface area contributed by atoms with Crippen LogP contribution < -0.4 is 10.6 Å². The number of benzene rings is 2. The first-order chi connectivity index (χ1) is 18.9. The number of hydrogen-bond donors (Lipinski definition) is 3. The minimum absolute atomic E-state index is 0.0782. The van der Waals surface area contributed by atoms with E-state index in [9.17, 15) is 19.5 Å². The number of rotatable bonds is 10. The standard InChI is InChI=1S/C33H49N3O5/c1-11-12-23(4)34-29(38)28(25-18-21(2)17-22(3)19-25)36(32(5,6)7)30(39)27(35-31(40)41-33(8,9)10)20-24-13-15-26(37)16-14-24/h13-19,23,27-28,37H,11-12,20H2,1-10H3,(H,34,38)(H,35,40). The number of carbonyl (C=O) groups is 3. The normalized spacial score (nSPS) is 14.0. The average Bonchev–Trinajstić information content (AvgIpc) is 2.80. The first-order valence-electron chi connectivity index (χ1n) is 14.4. The molecular weight excluding hydrogens is 518 g/mol. The zero-order chi connectivity index (χ0) is 31.1. The van der Waals surface area contributed by atoms with Crippen molar-refractivity contribution in [1.29, 1.82) is 0 Å². The molecule has 226 valence electrons. The van der Waals surface area contributed by atoms with Crippen molar-refractivity contribution in [1.82, 2.24) is 15.5 Å². The molecule has 3 atom stereocenters. The highest BCUT2D eigenvalue weighted by Gasteiger charge is 2.42. The van der Waals surface area contributed by atoms with E-state index in [0.717, 1.165) is 29.5 Å². The summed E-state index contributed by atoms with van der Waals surface area (Å²) in [6.07, 6.45) is 1.12. The SMILES string of the molecule is CCCC(C)NC(=O)C(c1cc(C)cc(C)c1)N(C(=O)C(Cc1ccc(O)cc1)NC(=O)OC(C)(C)C)C(C)(C)C. The summed E-state index contributed by atoms with van der Waals surface area (Å²) in [6.45, 7) is 18.9. The number of amides is 3. The lowest BCUT2D eigenvalue weighted by molar-refractivity contribution is -0.148. The molecule has 0 saturated heterocycles. The van der Waals surface area contributed by atoms with Gasteiger partial charge in [-0.25, -0.2) is 4.79 Å². The van der Waals surface area contributed by atoms with Gasteiger partial charge in [0.25, 0.3) is 0 Å². The molecule has 41 heavy (non-hydrogen) atoms. The van der Waals surface area contributed by atoms with Crippen molar-refractivity contribution in [2.75, 3.05) is 0 Å². The highest BCUT2D eigenvalue weighted by molar-refractivity contribution is 5.93. The monoisotopic (exact) mass is 567 g/mol. The zero-order valence-corrected chi connectivity index (χ0v) is 26.4. The van der Waals surface area contributed by atoms with Crippen LogP contribution in [0.15, 0.2) is 42.5 Å². The van der Waals surface area contributed by atoms with E-state index in [4.69, 9.17) is 4.74 Å². The van der Waals surface area contributed by atoms with Gasteiger partial charge >= 0.3 is 6.09 Å². The second-order valence-electron chi connectivity index (χ2n) is 13.0. The fourth-order valence-electron chi connectivity index (χ4n) is 4.94. The van der Waals surface area contributed by atoms with Crippen molar-refractivity contribution < 1.29 is 24.2 Å². The molecule has 2 rings (SSSR count). The minimum atomic E-state index is -1.04. The summed E-state index contributed by atoms with van der Waals surface area (Å²) in [5.41, 5.74) is 1.83. The second kappa shape index (κ2) is 13.9. The van der Waals surface area contributed by atoms with Crippen molar-refractivity contribution >= 4 is 17.9 Å². The van der Waals surface area contributed by atoms with Crippen LogP contribution in [-0.4, -0.2) is 51.1 Å². The van der Waals surface area contributed by atoms with Crippen molar-refractivity contribution in [3.8, 4) is 5.75 Å². The van der Waals surface area contributed by atoms with Gasteiger partial charge in [-0.3, -0.25) is 9.59 Å². The van der Waals surface area contributed by atoms with E-state index in [1.807, 2.05) is 59.7 Å². The Labute approximate surface area is 245 Å². The Kier molecular flexibility index (Phi) is 11.4. The Morgan fingerprint density at radius 2 is 1.49 bits per heavy atom. The molecule has 8 heteroatoms. The lowest BCUT2D eigenvalue weighted by Crippen LogP contribution is -2.59. The van der Waals surface area contributed by atoms with Crippen LogP contribution in [-0.2, 0) is 20.7 Å². The molecule has 8 nitrogen and oxygen atoms in total. The molecule has 0 radical (unpaired) electrons. The molecule has 2 aromatic rings. The average molecular weight is 568 g/mol. The van der Waals surface area contributed by atoms with Crippen LogP contribution in [0.5, 0.6) is 5.75 Å². The summed E-state index contributed by atoms with van der Waals surface area (Å²) >= 11 is 0. The maximum atomic E-state index is 14.6. The van der Waals surface area contributed by atoms with E-state index in [-0.39, 0.29) is 24.1 Å². The Morgan fingerprint density at radius 1 is 0.927 bits per heavy atom. The van der Waals surface area contributed by atoms with Gasteiger partial charge in [0, 0.05) is 18.0 Å². The molecular formula is C33H49N3O5. The van der Waals surface area contributed by atoms with Crippen LogP contribution in [0.1, 0.15) is 96.5 Å². The van der Waals surface area contributed by atoms with Crippen molar-refractivity contribution in [3.63, 3.8) is 0 Å². The maximum Gasteiger partial charge on any atom is 0.408 e. The van der Waals surface area contributed by atoms with E-state index in [2.05, 4.69) is 17.6 Å². The molecule has 0 aliphatic carbocycles. The Balaban J connectivity index is 2.66. The van der Waals surface area contributed by atoms with E-state index in [0.29, 0.717) is 5.56 Å². The van der Waals surface area contributed by atoms with Gasteiger partial charge in [-0.05, 0) is 92.0 Å². The topological polar surface area (TPSA) is 108 Å². The second-order valence-corrected chi connectivity index (χ2v) is 13.0. The maximum absolute atomic E-state index is 14.6. The third-order valence-corrected chi connectivity index (χ3v) is 6.50. The Hall–Kier alpha value is -3.55. The fraction of sp³-hybridized carbons (Fsp3) is 0.545. The first-order valence-corrected chi connectivity index (χ1v) is 14.4. The first kappa shape index (κ1) is 33.7. The number of ether oxygens (including phenoxy) is 1. The Bertz CT molecular complexity index is 1170. The summed E-state index contributed by atoms with van der Waals surface area (Å²) in [6, 6.07) is 10.3. The van der Waals surface area contributed by atoms with E-state index in [1.165, 1.54) is 12.1 Å². The summed E-state index contributed by atoms with van der Waals surface area (Å²) in [5, 5.41) is 15.7. The lowest BCUT2D eigenvalue weighted by atomic mass is 9.92. The van der Waals surface area contributed by atoms with Gasteiger partial charge in [0.15, 0.2) is 0 Å². The van der Waals surface area contributed by atoms with Crippen LogP contribution in [0.25, 0.3) is 0 Å². The van der Waals surface area contributed by atoms with Crippen molar-refractivity contribution in [2.24, 2.45) is 0 Å². The van der Waals surface area contributed by atoms with Gasteiger partial charge in [-0.15, -0.1) is 0 Å². The van der Waals surface area contributed by atoms with E-state index < -0.39 is 35.2 Å². The summed E-state index contributed by atoms with van der Waals surface area (Å²) in [5.74, 6) is -0.598. The summed E-state index contributed by atoms with van der Waals surface area (Å²) < 4.78 is 5.50. The highest BCUT2D eigenvalue weighted by Crippen LogP contribution is 2.32. The molecule has 3 amide bonds. The molecule has 0 heterocycles. The van der Waals surface area contributed by atoms with Gasteiger partial charge in [0.05, 0.1) is 0 Å². The van der Waals surface area contributed by atoms with Gasteiger partial charge in [-0.1, -0.05) is 54.8 Å². The van der Waals surface area contributed by atoms with Gasteiger partial charge < -0.3 is 25.4 Å². The smallest absolute Gasteiger partial charge is 0.408 e. The molecule has 3 N–H and O–H groups in total. The predicted octanol–water partition coefficient (Wildman–Crippen LogP) is 6.12. The molecule has 2 aromatic carbocycles. The van der Waals surface area contributed by atoms with E-state index >= 15 is 0 Å². The third kappa shape index (κ3) is 10.4. The highest BCUT2D eigenvalue weighted by atomic mass is 16.6. The summed E-state index contributed by atoms with van der Waals surface area (Å²) in [7, 11) is 0. The predicted molar refractivity (Wildman–Crippen MR) is 163 cm³/mol. The number of phenols is 1.